The van der Waals surface area contributed by atoms with Crippen molar-refractivity contribution in [2.24, 2.45) is 0 Å². The average molecular weight is 389 g/mol. The van der Waals surface area contributed by atoms with Gasteiger partial charge in [-0.15, -0.1) is 0 Å². The second-order valence-electron chi connectivity index (χ2n) is 5.64. The van der Waals surface area contributed by atoms with Gasteiger partial charge in [-0.1, -0.05) is 29.8 Å². The van der Waals surface area contributed by atoms with Crippen molar-refractivity contribution in [2.75, 3.05) is 18.0 Å². The van der Waals surface area contributed by atoms with Gasteiger partial charge in [0.25, 0.3) is 5.91 Å². The quantitative estimate of drug-likeness (QED) is 0.871. The Morgan fingerprint density at radius 2 is 1.96 bits per heavy atom. The molecule has 1 N–H and O–H groups in total. The normalized spacial score (nSPS) is 16.8. The lowest BCUT2D eigenvalue weighted by Crippen LogP contribution is -2.34. The van der Waals surface area contributed by atoms with Gasteiger partial charge in [0, 0.05) is 10.2 Å². The molecular weight excluding hydrogens is 372 g/mol. The standard InChI is InChI=1S/C18H17BrN2O3/c1-12-6-8-13(9-7-12)21-11-14(24-18(21)23)10-20-17(22)15-4-2-3-5-16(15)19/h2-9,14H,10-11H2,1H3,(H,20,22). The molecule has 5 nitrogen and oxygen atoms in total. The van der Waals surface area contributed by atoms with E-state index in [4.69, 9.17) is 4.74 Å². The average Bonchev–Trinajstić information content (AvgIpc) is 2.95. The van der Waals surface area contributed by atoms with Crippen molar-refractivity contribution in [3.8, 4) is 0 Å². The highest BCUT2D eigenvalue weighted by atomic mass is 79.9. The van der Waals surface area contributed by atoms with Crippen LogP contribution < -0.4 is 10.2 Å². The molecule has 0 aromatic heterocycles. The number of nitrogens with zero attached hydrogens (tertiary/aromatic N) is 1. The monoisotopic (exact) mass is 388 g/mol. The lowest BCUT2D eigenvalue weighted by molar-refractivity contribution is 0.0915. The van der Waals surface area contributed by atoms with Gasteiger partial charge in [-0.05, 0) is 47.1 Å². The van der Waals surface area contributed by atoms with Crippen LogP contribution in [0.15, 0.2) is 53.0 Å². The predicted molar refractivity (Wildman–Crippen MR) is 95.3 cm³/mol. The number of halogens is 1. The van der Waals surface area contributed by atoms with Crippen molar-refractivity contribution in [3.63, 3.8) is 0 Å². The summed E-state index contributed by atoms with van der Waals surface area (Å²) in [5.41, 5.74) is 2.48. The first kappa shape index (κ1) is 16.5. The van der Waals surface area contributed by atoms with Crippen molar-refractivity contribution < 1.29 is 14.3 Å². The smallest absolute Gasteiger partial charge is 0.414 e. The summed E-state index contributed by atoms with van der Waals surface area (Å²) in [6.07, 6.45) is -0.760. The number of ether oxygens (including phenoxy) is 1. The van der Waals surface area contributed by atoms with E-state index in [2.05, 4.69) is 21.2 Å². The Labute approximate surface area is 148 Å². The van der Waals surface area contributed by atoms with Crippen LogP contribution in [0.3, 0.4) is 0 Å². The Morgan fingerprint density at radius 3 is 2.67 bits per heavy atom. The molecule has 1 fully saturated rings. The van der Waals surface area contributed by atoms with Crippen LogP contribution in [0.5, 0.6) is 0 Å². The first-order chi connectivity index (χ1) is 11.5. The number of carbonyl (C=O) groups excluding carboxylic acids is 2. The number of hydrogen-bond acceptors (Lipinski definition) is 3. The van der Waals surface area contributed by atoms with Crippen LogP contribution in [-0.4, -0.2) is 31.2 Å². The first-order valence-corrected chi connectivity index (χ1v) is 8.41. The molecule has 0 spiro atoms. The number of amides is 2. The first-order valence-electron chi connectivity index (χ1n) is 7.62. The third kappa shape index (κ3) is 3.59. The number of cyclic esters (lactones) is 1. The van der Waals surface area contributed by atoms with Gasteiger partial charge < -0.3 is 10.1 Å². The van der Waals surface area contributed by atoms with Crippen LogP contribution in [0.1, 0.15) is 15.9 Å². The van der Waals surface area contributed by atoms with E-state index in [0.717, 1.165) is 15.7 Å². The van der Waals surface area contributed by atoms with E-state index in [1.807, 2.05) is 43.3 Å². The van der Waals surface area contributed by atoms with Gasteiger partial charge in [0.15, 0.2) is 0 Å². The molecule has 1 unspecified atom stereocenters. The summed E-state index contributed by atoms with van der Waals surface area (Å²) in [5, 5.41) is 2.81. The fourth-order valence-electron chi connectivity index (χ4n) is 2.51. The van der Waals surface area contributed by atoms with Crippen LogP contribution in [0.2, 0.25) is 0 Å². The number of hydrogen-bond donors (Lipinski definition) is 1. The lowest BCUT2D eigenvalue weighted by Gasteiger charge is -2.13. The zero-order valence-corrected chi connectivity index (χ0v) is 14.7. The number of carbonyl (C=O) groups is 2. The molecule has 0 aliphatic carbocycles. The van der Waals surface area contributed by atoms with Crippen molar-refractivity contribution in [1.82, 2.24) is 5.32 Å². The summed E-state index contributed by atoms with van der Waals surface area (Å²) in [6, 6.07) is 14.9. The summed E-state index contributed by atoms with van der Waals surface area (Å²) in [6.45, 7) is 2.68. The number of benzene rings is 2. The maximum absolute atomic E-state index is 12.2. The molecule has 2 aromatic rings. The summed E-state index contributed by atoms with van der Waals surface area (Å²) in [5.74, 6) is -0.202. The molecule has 0 saturated carbocycles. The molecule has 24 heavy (non-hydrogen) atoms. The zero-order valence-electron chi connectivity index (χ0n) is 13.2. The number of rotatable bonds is 4. The van der Waals surface area contributed by atoms with E-state index >= 15 is 0 Å². The second-order valence-corrected chi connectivity index (χ2v) is 6.50. The Hall–Kier alpha value is -2.34. The molecule has 0 radical (unpaired) electrons. The van der Waals surface area contributed by atoms with E-state index in [1.54, 1.807) is 17.0 Å². The van der Waals surface area contributed by atoms with E-state index in [1.165, 1.54) is 0 Å². The SMILES string of the molecule is Cc1ccc(N2CC(CNC(=O)c3ccccc3Br)OC2=O)cc1. The minimum atomic E-state index is -0.390. The van der Waals surface area contributed by atoms with Gasteiger partial charge >= 0.3 is 6.09 Å². The molecule has 124 valence electrons. The highest BCUT2D eigenvalue weighted by molar-refractivity contribution is 9.10. The van der Waals surface area contributed by atoms with Gasteiger partial charge in [0.1, 0.15) is 6.10 Å². The Bertz CT molecular complexity index is 761. The fourth-order valence-corrected chi connectivity index (χ4v) is 2.98. The van der Waals surface area contributed by atoms with E-state index in [9.17, 15) is 9.59 Å². The van der Waals surface area contributed by atoms with Crippen molar-refractivity contribution in [3.05, 3.63) is 64.1 Å². The molecule has 1 aliphatic heterocycles. The Kier molecular flexibility index (Phi) is 4.85. The van der Waals surface area contributed by atoms with Crippen LogP contribution in [0, 0.1) is 6.92 Å². The molecule has 0 bridgehead atoms. The van der Waals surface area contributed by atoms with Crippen LogP contribution in [-0.2, 0) is 4.74 Å². The van der Waals surface area contributed by atoms with Gasteiger partial charge in [0.2, 0.25) is 0 Å². The Morgan fingerprint density at radius 1 is 1.25 bits per heavy atom. The molecule has 3 rings (SSSR count). The summed E-state index contributed by atoms with van der Waals surface area (Å²) in [7, 11) is 0. The maximum atomic E-state index is 12.2. The Balaban J connectivity index is 1.59. The fraction of sp³-hybridized carbons (Fsp3) is 0.222. The lowest BCUT2D eigenvalue weighted by atomic mass is 10.2. The summed E-state index contributed by atoms with van der Waals surface area (Å²) >= 11 is 3.35. The van der Waals surface area contributed by atoms with Crippen LogP contribution in [0.25, 0.3) is 0 Å². The molecule has 2 amide bonds. The molecule has 1 aliphatic rings. The predicted octanol–water partition coefficient (Wildman–Crippen LogP) is 3.51. The van der Waals surface area contributed by atoms with E-state index in [0.29, 0.717) is 12.1 Å². The molecule has 1 saturated heterocycles. The summed E-state index contributed by atoms with van der Waals surface area (Å²) < 4.78 is 6.06. The second kappa shape index (κ2) is 7.05. The molecular formula is C18H17BrN2O3. The number of nitrogens with one attached hydrogen (secondary N) is 1. The van der Waals surface area contributed by atoms with Gasteiger partial charge in [0.05, 0.1) is 18.7 Å². The third-order valence-electron chi connectivity index (χ3n) is 3.83. The number of aryl methyl sites for hydroxylation is 1. The highest BCUT2D eigenvalue weighted by Crippen LogP contribution is 2.22. The van der Waals surface area contributed by atoms with E-state index < -0.39 is 0 Å². The summed E-state index contributed by atoms with van der Waals surface area (Å²) in [4.78, 5) is 25.8. The third-order valence-corrected chi connectivity index (χ3v) is 4.52. The minimum Gasteiger partial charge on any atom is -0.442 e. The molecule has 1 heterocycles. The van der Waals surface area contributed by atoms with Crippen molar-refractivity contribution in [1.29, 1.82) is 0 Å². The van der Waals surface area contributed by atoms with Crippen molar-refractivity contribution in [2.45, 2.75) is 13.0 Å². The largest absolute Gasteiger partial charge is 0.442 e. The molecule has 2 aromatic carbocycles. The van der Waals surface area contributed by atoms with Crippen molar-refractivity contribution >= 4 is 33.6 Å². The van der Waals surface area contributed by atoms with Crippen LogP contribution >= 0.6 is 15.9 Å². The zero-order chi connectivity index (χ0) is 17.1. The maximum Gasteiger partial charge on any atom is 0.414 e. The highest BCUT2D eigenvalue weighted by Gasteiger charge is 2.32. The molecule has 6 heteroatoms. The minimum absolute atomic E-state index is 0.202. The van der Waals surface area contributed by atoms with Crippen LogP contribution in [0.4, 0.5) is 10.5 Å². The number of anilines is 1. The van der Waals surface area contributed by atoms with Gasteiger partial charge in [-0.25, -0.2) is 4.79 Å². The van der Waals surface area contributed by atoms with E-state index in [-0.39, 0.29) is 24.6 Å². The topological polar surface area (TPSA) is 58.6 Å². The van der Waals surface area contributed by atoms with Gasteiger partial charge in [-0.3, -0.25) is 9.69 Å². The van der Waals surface area contributed by atoms with Gasteiger partial charge in [-0.2, -0.15) is 0 Å². The molecule has 1 atom stereocenters.